The summed E-state index contributed by atoms with van der Waals surface area (Å²) in [5, 5.41) is 0. The lowest BCUT2D eigenvalue weighted by Crippen LogP contribution is -1.94. The molecule has 0 unspecified atom stereocenters. The van der Waals surface area contributed by atoms with Gasteiger partial charge < -0.3 is 14.5 Å². The highest BCUT2D eigenvalue weighted by Gasteiger charge is 2.06. The van der Waals surface area contributed by atoms with Crippen LogP contribution in [0.4, 0.5) is 0 Å². The number of aromatic nitrogens is 2. The molecule has 0 fully saturated rings. The van der Waals surface area contributed by atoms with Crippen LogP contribution in [0.2, 0.25) is 0 Å². The van der Waals surface area contributed by atoms with Gasteiger partial charge in [-0.25, -0.2) is 4.98 Å². The fourth-order valence-corrected chi connectivity index (χ4v) is 2.91. The molecule has 0 spiro atoms. The highest BCUT2D eigenvalue weighted by Crippen LogP contribution is 2.28. The van der Waals surface area contributed by atoms with Gasteiger partial charge in [0.2, 0.25) is 0 Å². The third kappa shape index (κ3) is 4.41. The van der Waals surface area contributed by atoms with Gasteiger partial charge in [-0.1, -0.05) is 36.4 Å². The average molecular weight is 336 g/mol. The number of hydrogen-bond acceptors (Lipinski definition) is 3. The molecule has 0 aliphatic rings. The van der Waals surface area contributed by atoms with Crippen molar-refractivity contribution >= 4 is 0 Å². The molecule has 4 nitrogen and oxygen atoms in total. The fraction of sp³-hybridized carbons (Fsp3) is 0.286. The second kappa shape index (κ2) is 8.38. The first kappa shape index (κ1) is 17.1. The Morgan fingerprint density at radius 3 is 2.40 bits per heavy atom. The van der Waals surface area contributed by atoms with Crippen molar-refractivity contribution in [1.82, 2.24) is 9.97 Å². The van der Waals surface area contributed by atoms with E-state index in [4.69, 9.17) is 9.47 Å². The molecule has 4 heteroatoms. The summed E-state index contributed by atoms with van der Waals surface area (Å²) in [5.41, 5.74) is 3.52. The molecular formula is C21H24N2O2. The number of imidazole rings is 1. The number of nitrogens with zero attached hydrogens (tertiary/aromatic N) is 1. The summed E-state index contributed by atoms with van der Waals surface area (Å²) in [4.78, 5) is 7.91. The van der Waals surface area contributed by atoms with Crippen LogP contribution in [0.3, 0.4) is 0 Å². The van der Waals surface area contributed by atoms with E-state index in [1.165, 1.54) is 11.1 Å². The van der Waals surface area contributed by atoms with Crippen LogP contribution in [0.15, 0.2) is 54.7 Å². The predicted octanol–water partition coefficient (Wildman–Crippen LogP) is 4.66. The number of aryl methyl sites for hydroxylation is 2. The molecule has 0 aliphatic heterocycles. The Balaban J connectivity index is 1.50. The van der Waals surface area contributed by atoms with Crippen molar-refractivity contribution in [2.24, 2.45) is 0 Å². The molecule has 130 valence electrons. The van der Waals surface area contributed by atoms with Gasteiger partial charge in [0.25, 0.3) is 0 Å². The molecule has 1 aromatic heterocycles. The summed E-state index contributed by atoms with van der Waals surface area (Å²) in [5.74, 6) is 2.61. The quantitative estimate of drug-likeness (QED) is 0.609. The number of hydrogen-bond donors (Lipinski definition) is 1. The van der Waals surface area contributed by atoms with Crippen LogP contribution >= 0.6 is 0 Å². The molecule has 0 bridgehead atoms. The number of methoxy groups -OCH3 is 2. The molecule has 25 heavy (non-hydrogen) atoms. The second-order valence-electron chi connectivity index (χ2n) is 6.01. The minimum atomic E-state index is 0.773. The summed E-state index contributed by atoms with van der Waals surface area (Å²) in [6.07, 6.45) is 6.10. The standard InChI is InChI=1S/C21H24N2O2/c1-24-19-13-12-16(14-20(19)25-2)8-6-7-11-21-22-15-18(23-21)17-9-4-3-5-10-17/h3-5,9-10,12-15H,6-8,11H2,1-2H3,(H,22,23). The highest BCUT2D eigenvalue weighted by atomic mass is 16.5. The summed E-state index contributed by atoms with van der Waals surface area (Å²) in [6.45, 7) is 0. The number of rotatable bonds is 8. The van der Waals surface area contributed by atoms with E-state index in [1.807, 2.05) is 30.5 Å². The van der Waals surface area contributed by atoms with Gasteiger partial charge in [-0.15, -0.1) is 0 Å². The minimum Gasteiger partial charge on any atom is -0.493 e. The molecule has 2 aromatic carbocycles. The molecule has 0 saturated heterocycles. The van der Waals surface area contributed by atoms with Crippen molar-refractivity contribution in [3.8, 4) is 22.8 Å². The van der Waals surface area contributed by atoms with Gasteiger partial charge in [0.15, 0.2) is 11.5 Å². The third-order valence-corrected chi connectivity index (χ3v) is 4.29. The Kier molecular flexibility index (Phi) is 5.73. The lowest BCUT2D eigenvalue weighted by atomic mass is 10.1. The Morgan fingerprint density at radius 2 is 1.64 bits per heavy atom. The zero-order chi connectivity index (χ0) is 17.5. The summed E-state index contributed by atoms with van der Waals surface area (Å²) in [7, 11) is 3.33. The lowest BCUT2D eigenvalue weighted by molar-refractivity contribution is 0.354. The Labute approximate surface area is 148 Å². The first-order valence-electron chi connectivity index (χ1n) is 8.60. The Bertz CT molecular complexity index is 797. The SMILES string of the molecule is COc1ccc(CCCCc2ncc(-c3ccccc3)[nH]2)cc1OC. The molecule has 0 amide bonds. The van der Waals surface area contributed by atoms with E-state index in [0.717, 1.165) is 48.7 Å². The average Bonchev–Trinajstić information content (AvgIpc) is 3.14. The van der Waals surface area contributed by atoms with Gasteiger partial charge in [0, 0.05) is 6.42 Å². The van der Waals surface area contributed by atoms with E-state index in [2.05, 4.69) is 34.2 Å². The molecular weight excluding hydrogens is 312 g/mol. The topological polar surface area (TPSA) is 47.1 Å². The van der Waals surface area contributed by atoms with E-state index >= 15 is 0 Å². The van der Waals surface area contributed by atoms with Gasteiger partial charge in [0.05, 0.1) is 26.1 Å². The van der Waals surface area contributed by atoms with Crippen molar-refractivity contribution < 1.29 is 9.47 Å². The van der Waals surface area contributed by atoms with Gasteiger partial charge in [-0.2, -0.15) is 0 Å². The van der Waals surface area contributed by atoms with E-state index in [1.54, 1.807) is 14.2 Å². The van der Waals surface area contributed by atoms with Crippen molar-refractivity contribution in [2.45, 2.75) is 25.7 Å². The monoisotopic (exact) mass is 336 g/mol. The third-order valence-electron chi connectivity index (χ3n) is 4.29. The number of ether oxygens (including phenoxy) is 2. The van der Waals surface area contributed by atoms with Crippen LogP contribution < -0.4 is 9.47 Å². The molecule has 0 saturated carbocycles. The number of nitrogens with one attached hydrogen (secondary N) is 1. The van der Waals surface area contributed by atoms with Crippen molar-refractivity contribution in [3.05, 3.63) is 66.1 Å². The van der Waals surface area contributed by atoms with Gasteiger partial charge >= 0.3 is 0 Å². The molecule has 3 aromatic rings. The van der Waals surface area contributed by atoms with Crippen LogP contribution in [0.25, 0.3) is 11.3 Å². The van der Waals surface area contributed by atoms with Gasteiger partial charge in [-0.05, 0) is 42.5 Å². The van der Waals surface area contributed by atoms with Gasteiger partial charge in [0.1, 0.15) is 5.82 Å². The maximum absolute atomic E-state index is 5.36. The number of unbranched alkanes of at least 4 members (excludes halogenated alkanes) is 1. The molecule has 0 radical (unpaired) electrons. The lowest BCUT2D eigenvalue weighted by Gasteiger charge is -2.09. The maximum atomic E-state index is 5.36. The van der Waals surface area contributed by atoms with E-state index < -0.39 is 0 Å². The molecule has 1 heterocycles. The van der Waals surface area contributed by atoms with Crippen molar-refractivity contribution in [1.29, 1.82) is 0 Å². The molecule has 0 atom stereocenters. The van der Waals surface area contributed by atoms with Crippen molar-refractivity contribution in [3.63, 3.8) is 0 Å². The number of benzene rings is 2. The largest absolute Gasteiger partial charge is 0.493 e. The van der Waals surface area contributed by atoms with Crippen LogP contribution in [-0.2, 0) is 12.8 Å². The Morgan fingerprint density at radius 1 is 0.880 bits per heavy atom. The van der Waals surface area contributed by atoms with E-state index in [-0.39, 0.29) is 0 Å². The highest BCUT2D eigenvalue weighted by molar-refractivity contribution is 5.57. The van der Waals surface area contributed by atoms with Crippen LogP contribution in [0.5, 0.6) is 11.5 Å². The molecule has 3 rings (SSSR count). The number of H-pyrrole nitrogens is 1. The normalized spacial score (nSPS) is 10.6. The predicted molar refractivity (Wildman–Crippen MR) is 100 cm³/mol. The van der Waals surface area contributed by atoms with E-state index in [0.29, 0.717) is 0 Å². The summed E-state index contributed by atoms with van der Waals surface area (Å²) < 4.78 is 10.6. The summed E-state index contributed by atoms with van der Waals surface area (Å²) in [6, 6.07) is 16.4. The van der Waals surface area contributed by atoms with Crippen LogP contribution in [-0.4, -0.2) is 24.2 Å². The number of aromatic amines is 1. The zero-order valence-corrected chi connectivity index (χ0v) is 14.8. The van der Waals surface area contributed by atoms with Crippen LogP contribution in [0, 0.1) is 0 Å². The maximum Gasteiger partial charge on any atom is 0.160 e. The second-order valence-corrected chi connectivity index (χ2v) is 6.01. The summed E-state index contributed by atoms with van der Waals surface area (Å²) >= 11 is 0. The smallest absolute Gasteiger partial charge is 0.160 e. The molecule has 1 N–H and O–H groups in total. The first-order valence-corrected chi connectivity index (χ1v) is 8.60. The van der Waals surface area contributed by atoms with E-state index in [9.17, 15) is 0 Å². The zero-order valence-electron chi connectivity index (χ0n) is 14.8. The Hall–Kier alpha value is -2.75. The first-order chi connectivity index (χ1) is 12.3. The van der Waals surface area contributed by atoms with Crippen molar-refractivity contribution in [2.75, 3.05) is 14.2 Å². The minimum absolute atomic E-state index is 0.773. The van der Waals surface area contributed by atoms with Gasteiger partial charge in [-0.3, -0.25) is 0 Å². The van der Waals surface area contributed by atoms with Crippen LogP contribution in [0.1, 0.15) is 24.2 Å². The fourth-order valence-electron chi connectivity index (χ4n) is 2.91. The molecule has 0 aliphatic carbocycles.